The van der Waals surface area contributed by atoms with Gasteiger partial charge in [-0.2, -0.15) is 15.0 Å². The van der Waals surface area contributed by atoms with Crippen LogP contribution >= 0.6 is 23.4 Å². The molecule has 0 saturated carbocycles. The van der Waals surface area contributed by atoms with E-state index in [1.165, 1.54) is 11.8 Å². The van der Waals surface area contributed by atoms with E-state index in [0.29, 0.717) is 22.7 Å². The first kappa shape index (κ1) is 15.7. The number of rotatable bonds is 6. The molecule has 8 heteroatoms. The molecular weight excluding hydrogens is 310 g/mol. The molecule has 1 heterocycles. The third kappa shape index (κ3) is 4.95. The van der Waals surface area contributed by atoms with Crippen LogP contribution in [0, 0.1) is 0 Å². The van der Waals surface area contributed by atoms with Crippen molar-refractivity contribution in [1.82, 2.24) is 15.0 Å². The quantitative estimate of drug-likeness (QED) is 0.790. The van der Waals surface area contributed by atoms with Gasteiger partial charge in [0.05, 0.1) is 6.04 Å². The lowest BCUT2D eigenvalue weighted by Crippen LogP contribution is -2.25. The number of nitrogens with two attached hydrogens (primary N) is 1. The molecule has 0 aliphatic carbocycles. The third-order valence-corrected chi connectivity index (χ3v) is 3.27. The molecule has 0 amide bonds. The highest BCUT2D eigenvalue weighted by Gasteiger charge is 2.08. The van der Waals surface area contributed by atoms with Crippen LogP contribution in [0.5, 0.6) is 5.75 Å². The van der Waals surface area contributed by atoms with Crippen molar-refractivity contribution in [3.05, 3.63) is 29.3 Å². The molecule has 1 aromatic heterocycles. The van der Waals surface area contributed by atoms with Gasteiger partial charge in [0.15, 0.2) is 5.16 Å². The van der Waals surface area contributed by atoms with Crippen LogP contribution in [0.2, 0.25) is 5.02 Å². The molecule has 2 rings (SSSR count). The second kappa shape index (κ2) is 7.33. The van der Waals surface area contributed by atoms with Gasteiger partial charge in [-0.25, -0.2) is 0 Å². The normalized spacial score (nSPS) is 12.0. The zero-order valence-electron chi connectivity index (χ0n) is 11.7. The highest BCUT2D eigenvalue weighted by molar-refractivity contribution is 7.98. The van der Waals surface area contributed by atoms with E-state index in [4.69, 9.17) is 22.1 Å². The maximum absolute atomic E-state index is 5.90. The Morgan fingerprint density at radius 2 is 2.19 bits per heavy atom. The van der Waals surface area contributed by atoms with Crippen molar-refractivity contribution in [1.29, 1.82) is 0 Å². The Hall–Kier alpha value is -1.73. The molecule has 2 aromatic rings. The van der Waals surface area contributed by atoms with E-state index in [2.05, 4.69) is 20.3 Å². The maximum Gasteiger partial charge on any atom is 0.228 e. The van der Waals surface area contributed by atoms with Gasteiger partial charge in [-0.15, -0.1) is 0 Å². The van der Waals surface area contributed by atoms with Gasteiger partial charge in [0.1, 0.15) is 12.4 Å². The molecule has 1 atom stereocenters. The molecule has 1 unspecified atom stereocenters. The third-order valence-electron chi connectivity index (χ3n) is 2.49. The number of hydrogen-bond donors (Lipinski definition) is 2. The van der Waals surface area contributed by atoms with Gasteiger partial charge in [0, 0.05) is 5.02 Å². The second-order valence-corrected chi connectivity index (χ2v) is 5.53. The highest BCUT2D eigenvalue weighted by Crippen LogP contribution is 2.17. The summed E-state index contributed by atoms with van der Waals surface area (Å²) in [4.78, 5) is 12.3. The number of ether oxygens (including phenoxy) is 1. The molecule has 112 valence electrons. The number of anilines is 2. The van der Waals surface area contributed by atoms with Gasteiger partial charge in [-0.05, 0) is 31.4 Å². The number of nitrogens with zero attached hydrogens (tertiary/aromatic N) is 3. The molecule has 0 saturated heterocycles. The van der Waals surface area contributed by atoms with Crippen LogP contribution in [0.4, 0.5) is 11.9 Å². The topological polar surface area (TPSA) is 86.0 Å². The summed E-state index contributed by atoms with van der Waals surface area (Å²) in [7, 11) is 0. The van der Waals surface area contributed by atoms with E-state index >= 15 is 0 Å². The molecule has 0 aliphatic heterocycles. The maximum atomic E-state index is 5.90. The van der Waals surface area contributed by atoms with Crippen molar-refractivity contribution in [3.8, 4) is 5.75 Å². The monoisotopic (exact) mass is 325 g/mol. The van der Waals surface area contributed by atoms with E-state index < -0.39 is 0 Å². The lowest BCUT2D eigenvalue weighted by Gasteiger charge is -2.15. The van der Waals surface area contributed by atoms with Gasteiger partial charge < -0.3 is 15.8 Å². The van der Waals surface area contributed by atoms with Gasteiger partial charge in [-0.3, -0.25) is 0 Å². The first-order valence-electron chi connectivity index (χ1n) is 6.27. The Morgan fingerprint density at radius 3 is 2.90 bits per heavy atom. The molecule has 1 aromatic carbocycles. The standard InChI is InChI=1S/C13H16ClN5OS/c1-8(7-20-10-5-3-4-9(14)6-10)16-12-17-11(15)18-13(19-12)21-2/h3-6,8H,7H2,1-2H3,(H3,15,16,17,18,19). The molecule has 0 spiro atoms. The fourth-order valence-electron chi connectivity index (χ4n) is 1.57. The van der Waals surface area contributed by atoms with Gasteiger partial charge in [0.2, 0.25) is 11.9 Å². The van der Waals surface area contributed by atoms with E-state index in [-0.39, 0.29) is 12.0 Å². The number of aromatic nitrogens is 3. The van der Waals surface area contributed by atoms with Crippen LogP contribution in [0.3, 0.4) is 0 Å². The molecule has 0 fully saturated rings. The van der Waals surface area contributed by atoms with Crippen molar-refractivity contribution in [2.45, 2.75) is 18.1 Å². The number of nitrogen functional groups attached to an aromatic ring is 1. The summed E-state index contributed by atoms with van der Waals surface area (Å²) in [6, 6.07) is 7.26. The number of thioether (sulfide) groups is 1. The lowest BCUT2D eigenvalue weighted by molar-refractivity contribution is 0.303. The van der Waals surface area contributed by atoms with Gasteiger partial charge in [-0.1, -0.05) is 29.4 Å². The van der Waals surface area contributed by atoms with E-state index in [9.17, 15) is 0 Å². The first-order chi connectivity index (χ1) is 10.1. The summed E-state index contributed by atoms with van der Waals surface area (Å²) in [5.74, 6) is 1.35. The Kier molecular flexibility index (Phi) is 5.46. The van der Waals surface area contributed by atoms with E-state index in [1.54, 1.807) is 12.1 Å². The molecule has 3 N–H and O–H groups in total. The molecule has 0 bridgehead atoms. The zero-order valence-corrected chi connectivity index (χ0v) is 13.3. The van der Waals surface area contributed by atoms with Crippen molar-refractivity contribution < 1.29 is 4.74 Å². The Labute approximate surface area is 132 Å². The largest absolute Gasteiger partial charge is 0.491 e. The van der Waals surface area contributed by atoms with Crippen molar-refractivity contribution in [3.63, 3.8) is 0 Å². The van der Waals surface area contributed by atoms with Crippen LogP contribution in [-0.4, -0.2) is 33.9 Å². The summed E-state index contributed by atoms with van der Waals surface area (Å²) >= 11 is 7.31. The lowest BCUT2D eigenvalue weighted by atomic mass is 10.3. The van der Waals surface area contributed by atoms with Gasteiger partial charge >= 0.3 is 0 Å². The van der Waals surface area contributed by atoms with Crippen molar-refractivity contribution in [2.24, 2.45) is 0 Å². The SMILES string of the molecule is CSc1nc(N)nc(NC(C)COc2cccc(Cl)c2)n1. The Bertz CT molecular complexity index is 613. The summed E-state index contributed by atoms with van der Waals surface area (Å²) in [5, 5.41) is 4.35. The van der Waals surface area contributed by atoms with Crippen molar-refractivity contribution >= 4 is 35.3 Å². The minimum atomic E-state index is 0.000452. The van der Waals surface area contributed by atoms with Crippen LogP contribution in [0.1, 0.15) is 6.92 Å². The smallest absolute Gasteiger partial charge is 0.228 e. The van der Waals surface area contributed by atoms with Crippen molar-refractivity contribution in [2.75, 3.05) is 23.9 Å². The van der Waals surface area contributed by atoms with Crippen LogP contribution in [-0.2, 0) is 0 Å². The molecular formula is C13H16ClN5OS. The molecule has 21 heavy (non-hydrogen) atoms. The molecule has 6 nitrogen and oxygen atoms in total. The van der Waals surface area contributed by atoms with Crippen LogP contribution in [0.15, 0.2) is 29.4 Å². The summed E-state index contributed by atoms with van der Waals surface area (Å²) in [5.41, 5.74) is 5.63. The molecule has 0 radical (unpaired) electrons. The summed E-state index contributed by atoms with van der Waals surface area (Å²) in [6.07, 6.45) is 1.88. The van der Waals surface area contributed by atoms with E-state index in [1.807, 2.05) is 25.3 Å². The summed E-state index contributed by atoms with van der Waals surface area (Å²) in [6.45, 7) is 2.41. The van der Waals surface area contributed by atoms with Crippen LogP contribution in [0.25, 0.3) is 0 Å². The number of halogens is 1. The first-order valence-corrected chi connectivity index (χ1v) is 7.87. The number of benzene rings is 1. The molecule has 0 aliphatic rings. The van der Waals surface area contributed by atoms with Crippen LogP contribution < -0.4 is 15.8 Å². The highest BCUT2D eigenvalue weighted by atomic mass is 35.5. The number of nitrogens with one attached hydrogen (secondary N) is 1. The fourth-order valence-corrected chi connectivity index (χ4v) is 2.11. The summed E-state index contributed by atoms with van der Waals surface area (Å²) < 4.78 is 5.65. The predicted molar refractivity (Wildman–Crippen MR) is 86.1 cm³/mol. The van der Waals surface area contributed by atoms with Gasteiger partial charge in [0.25, 0.3) is 0 Å². The second-order valence-electron chi connectivity index (χ2n) is 4.32. The Balaban J connectivity index is 1.92. The minimum absolute atomic E-state index is 0.000452. The number of hydrogen-bond acceptors (Lipinski definition) is 7. The fraction of sp³-hybridized carbons (Fsp3) is 0.308. The average Bonchev–Trinajstić information content (AvgIpc) is 2.44. The Morgan fingerprint density at radius 1 is 1.38 bits per heavy atom. The average molecular weight is 326 g/mol. The zero-order chi connectivity index (χ0) is 15.2. The minimum Gasteiger partial charge on any atom is -0.491 e. The predicted octanol–water partition coefficient (Wildman–Crippen LogP) is 2.71. The van der Waals surface area contributed by atoms with E-state index in [0.717, 1.165) is 5.75 Å².